The van der Waals surface area contributed by atoms with Crippen molar-refractivity contribution in [2.75, 3.05) is 25.1 Å². The molecule has 2 nitrogen and oxygen atoms in total. The van der Waals surface area contributed by atoms with Gasteiger partial charge in [-0.15, -0.1) is 0 Å². The number of carbonyl (C=O) groups excluding carboxylic acids is 1. The summed E-state index contributed by atoms with van der Waals surface area (Å²) in [4.78, 5) is 13.7. The van der Waals surface area contributed by atoms with Crippen molar-refractivity contribution in [3.63, 3.8) is 0 Å². The van der Waals surface area contributed by atoms with Crippen LogP contribution < -0.4 is 0 Å². The Morgan fingerprint density at radius 2 is 2.36 bits per heavy atom. The second-order valence-corrected chi connectivity index (χ2v) is 5.31. The molecule has 1 rings (SSSR count). The van der Waals surface area contributed by atoms with E-state index in [-0.39, 0.29) is 0 Å². The van der Waals surface area contributed by atoms with Gasteiger partial charge >= 0.3 is 0 Å². The van der Waals surface area contributed by atoms with Crippen LogP contribution in [0.5, 0.6) is 0 Å². The highest BCUT2D eigenvalue weighted by molar-refractivity contribution is 7.98. The average Bonchev–Trinajstić information content (AvgIpc) is 2.10. The number of Topliss-reactive ketones (excluding diaryl/α,β-unsaturated/α-hetero) is 1. The van der Waals surface area contributed by atoms with Gasteiger partial charge in [0.2, 0.25) is 0 Å². The third-order valence-electron chi connectivity index (χ3n) is 2.82. The molecule has 0 spiro atoms. The number of thioether (sulfide) groups is 1. The number of carbonyl (C=O) groups is 1. The summed E-state index contributed by atoms with van der Waals surface area (Å²) in [5.41, 5.74) is 0. The highest BCUT2D eigenvalue weighted by Gasteiger charge is 2.24. The molecule has 1 saturated heterocycles. The van der Waals surface area contributed by atoms with E-state index in [9.17, 15) is 4.79 Å². The maximum Gasteiger partial charge on any atom is 0.135 e. The lowest BCUT2D eigenvalue weighted by molar-refractivity contribution is -0.123. The molecule has 2 atom stereocenters. The van der Waals surface area contributed by atoms with Crippen molar-refractivity contribution in [2.24, 2.45) is 5.92 Å². The van der Waals surface area contributed by atoms with Gasteiger partial charge in [-0.05, 0) is 24.9 Å². The van der Waals surface area contributed by atoms with Crippen molar-refractivity contribution >= 4 is 17.5 Å². The molecule has 1 fully saturated rings. The number of hydrogen-bond acceptors (Lipinski definition) is 3. The molecule has 0 bridgehead atoms. The predicted molar refractivity (Wildman–Crippen MR) is 62.8 cm³/mol. The van der Waals surface area contributed by atoms with Crippen LogP contribution in [0.2, 0.25) is 0 Å². The van der Waals surface area contributed by atoms with Gasteiger partial charge in [0.05, 0.1) is 0 Å². The van der Waals surface area contributed by atoms with Gasteiger partial charge in [0, 0.05) is 32.0 Å². The minimum absolute atomic E-state index is 0.436. The zero-order chi connectivity index (χ0) is 10.6. The lowest BCUT2D eigenvalue weighted by atomic mass is 10.0. The third kappa shape index (κ3) is 3.62. The first-order valence-corrected chi connectivity index (χ1v) is 6.77. The van der Waals surface area contributed by atoms with Crippen LogP contribution >= 0.6 is 11.8 Å². The number of rotatable bonds is 4. The standard InChI is InChI=1S/C11H21NOS/c1-9(8-14-3)7-12-5-4-11(13)6-10(12)2/h9-10H,4-8H2,1-3H3. The molecule has 1 heterocycles. The molecule has 0 aromatic carbocycles. The Labute approximate surface area is 91.4 Å². The van der Waals surface area contributed by atoms with Crippen LogP contribution in [0.25, 0.3) is 0 Å². The molecule has 82 valence electrons. The Morgan fingerprint density at radius 3 is 2.93 bits per heavy atom. The largest absolute Gasteiger partial charge is 0.300 e. The van der Waals surface area contributed by atoms with Gasteiger partial charge in [0.1, 0.15) is 5.78 Å². The van der Waals surface area contributed by atoms with Crippen LogP contribution in [0.4, 0.5) is 0 Å². The highest BCUT2D eigenvalue weighted by atomic mass is 32.2. The second kappa shape index (κ2) is 5.76. The predicted octanol–water partition coefficient (Wildman–Crippen LogP) is 2.04. The summed E-state index contributed by atoms with van der Waals surface area (Å²) < 4.78 is 0. The van der Waals surface area contributed by atoms with Crippen LogP contribution in [-0.2, 0) is 4.79 Å². The van der Waals surface area contributed by atoms with E-state index in [1.54, 1.807) is 0 Å². The number of hydrogen-bond donors (Lipinski definition) is 0. The van der Waals surface area contributed by atoms with Crippen molar-refractivity contribution in [1.29, 1.82) is 0 Å². The van der Waals surface area contributed by atoms with E-state index in [1.807, 2.05) is 11.8 Å². The van der Waals surface area contributed by atoms with Gasteiger partial charge in [0.15, 0.2) is 0 Å². The summed E-state index contributed by atoms with van der Waals surface area (Å²) in [5.74, 6) is 2.39. The van der Waals surface area contributed by atoms with Gasteiger partial charge in [-0.2, -0.15) is 11.8 Å². The fourth-order valence-corrected chi connectivity index (χ4v) is 2.73. The highest BCUT2D eigenvalue weighted by Crippen LogP contribution is 2.16. The van der Waals surface area contributed by atoms with Crippen LogP contribution in [-0.4, -0.2) is 41.8 Å². The Kier molecular flexibility index (Phi) is 4.96. The zero-order valence-electron chi connectivity index (χ0n) is 9.45. The molecular weight excluding hydrogens is 194 g/mol. The molecular formula is C11H21NOS. The maximum atomic E-state index is 11.2. The molecule has 1 aliphatic rings. The van der Waals surface area contributed by atoms with Crippen LogP contribution in [0.15, 0.2) is 0 Å². The minimum Gasteiger partial charge on any atom is -0.300 e. The van der Waals surface area contributed by atoms with E-state index in [1.165, 1.54) is 5.75 Å². The van der Waals surface area contributed by atoms with Crippen LogP contribution in [0, 0.1) is 5.92 Å². The smallest absolute Gasteiger partial charge is 0.135 e. The van der Waals surface area contributed by atoms with Gasteiger partial charge in [-0.3, -0.25) is 9.69 Å². The number of ketones is 1. The Bertz CT molecular complexity index is 196. The Balaban J connectivity index is 2.33. The van der Waals surface area contributed by atoms with E-state index in [4.69, 9.17) is 0 Å². The van der Waals surface area contributed by atoms with E-state index in [0.29, 0.717) is 11.8 Å². The second-order valence-electron chi connectivity index (χ2n) is 4.40. The lowest BCUT2D eigenvalue weighted by Gasteiger charge is -2.34. The van der Waals surface area contributed by atoms with Gasteiger partial charge in [0.25, 0.3) is 0 Å². The molecule has 0 aromatic rings. The first-order valence-electron chi connectivity index (χ1n) is 5.38. The zero-order valence-corrected chi connectivity index (χ0v) is 10.3. The molecule has 0 N–H and O–H groups in total. The van der Waals surface area contributed by atoms with Gasteiger partial charge in [-0.1, -0.05) is 6.92 Å². The molecule has 0 amide bonds. The number of nitrogens with zero attached hydrogens (tertiary/aromatic N) is 1. The number of piperidine rings is 1. The molecule has 0 aromatic heterocycles. The molecule has 0 saturated carbocycles. The van der Waals surface area contributed by atoms with Crippen molar-refractivity contribution in [3.8, 4) is 0 Å². The van der Waals surface area contributed by atoms with Crippen molar-refractivity contribution in [3.05, 3.63) is 0 Å². The summed E-state index contributed by atoms with van der Waals surface area (Å²) in [6, 6.07) is 0.459. The molecule has 1 aliphatic heterocycles. The summed E-state index contributed by atoms with van der Waals surface area (Å²) in [6.07, 6.45) is 3.67. The quantitative estimate of drug-likeness (QED) is 0.716. The topological polar surface area (TPSA) is 20.3 Å². The van der Waals surface area contributed by atoms with Crippen molar-refractivity contribution < 1.29 is 4.79 Å². The SMILES string of the molecule is CSCC(C)CN1CCC(=O)CC1C. The molecule has 0 radical (unpaired) electrons. The van der Waals surface area contributed by atoms with E-state index in [0.717, 1.165) is 31.8 Å². The Hall–Kier alpha value is -0.0200. The summed E-state index contributed by atoms with van der Waals surface area (Å²) in [7, 11) is 0. The van der Waals surface area contributed by atoms with E-state index in [2.05, 4.69) is 25.0 Å². The minimum atomic E-state index is 0.436. The molecule has 2 unspecified atom stereocenters. The molecule has 0 aliphatic carbocycles. The first-order chi connectivity index (χ1) is 6.63. The average molecular weight is 215 g/mol. The van der Waals surface area contributed by atoms with Crippen LogP contribution in [0.1, 0.15) is 26.7 Å². The van der Waals surface area contributed by atoms with Crippen LogP contribution in [0.3, 0.4) is 0 Å². The fraction of sp³-hybridized carbons (Fsp3) is 0.909. The fourth-order valence-electron chi connectivity index (χ4n) is 2.06. The van der Waals surface area contributed by atoms with E-state index >= 15 is 0 Å². The van der Waals surface area contributed by atoms with Gasteiger partial charge < -0.3 is 0 Å². The Morgan fingerprint density at radius 1 is 1.64 bits per heavy atom. The maximum absolute atomic E-state index is 11.2. The summed E-state index contributed by atoms with van der Waals surface area (Å²) in [6.45, 7) is 6.58. The molecule has 14 heavy (non-hydrogen) atoms. The normalized spacial score (nSPS) is 26.5. The van der Waals surface area contributed by atoms with Crippen molar-refractivity contribution in [1.82, 2.24) is 4.90 Å². The van der Waals surface area contributed by atoms with Crippen molar-refractivity contribution in [2.45, 2.75) is 32.7 Å². The third-order valence-corrected chi connectivity index (χ3v) is 3.72. The summed E-state index contributed by atoms with van der Waals surface area (Å²) >= 11 is 1.91. The monoisotopic (exact) mass is 215 g/mol. The van der Waals surface area contributed by atoms with E-state index < -0.39 is 0 Å². The first kappa shape index (κ1) is 12.1. The lowest BCUT2D eigenvalue weighted by Crippen LogP contribution is -2.43. The summed E-state index contributed by atoms with van der Waals surface area (Å²) in [5, 5.41) is 0. The van der Waals surface area contributed by atoms with Gasteiger partial charge in [-0.25, -0.2) is 0 Å². The number of likely N-dealkylation sites (tertiary alicyclic amines) is 1. The molecule has 3 heteroatoms.